The van der Waals surface area contributed by atoms with Crippen LogP contribution < -0.4 is 10.6 Å². The van der Waals surface area contributed by atoms with E-state index in [9.17, 15) is 9.59 Å². The topological polar surface area (TPSA) is 83.0 Å². The van der Waals surface area contributed by atoms with E-state index in [0.717, 1.165) is 0 Å². The van der Waals surface area contributed by atoms with Crippen molar-refractivity contribution in [1.82, 2.24) is 15.5 Å². The number of nitrogens with one attached hydrogen (secondary N) is 2. The Labute approximate surface area is 126 Å². The minimum Gasteiger partial charge on any atom is -0.444 e. The molecule has 120 valence electrons. The first-order valence-electron chi connectivity index (χ1n) is 7.22. The molecule has 0 aromatic rings. The van der Waals surface area contributed by atoms with Crippen LogP contribution in [0.25, 0.3) is 0 Å². The van der Waals surface area contributed by atoms with Crippen molar-refractivity contribution in [2.75, 3.05) is 26.2 Å². The number of amidine groups is 1. The Hall–Kier alpha value is -1.79. The highest BCUT2D eigenvalue weighted by atomic mass is 16.6. The molecule has 1 rings (SSSR count). The second-order valence-corrected chi connectivity index (χ2v) is 6.31. The third-order valence-corrected chi connectivity index (χ3v) is 2.57. The molecular weight excluding hydrogens is 272 g/mol. The van der Waals surface area contributed by atoms with E-state index in [0.29, 0.717) is 25.5 Å². The summed E-state index contributed by atoms with van der Waals surface area (Å²) in [7, 11) is 0. The van der Waals surface area contributed by atoms with E-state index in [4.69, 9.17) is 4.74 Å². The number of rotatable bonds is 3. The molecule has 0 aromatic heterocycles. The number of ether oxygens (including phenoxy) is 1. The number of carbonyl (C=O) groups is 2. The molecule has 7 nitrogen and oxygen atoms in total. The van der Waals surface area contributed by atoms with E-state index in [1.54, 1.807) is 4.90 Å². The normalized spacial score (nSPS) is 15.5. The highest BCUT2D eigenvalue weighted by molar-refractivity contribution is 5.91. The molecule has 1 aliphatic rings. The monoisotopic (exact) mass is 298 g/mol. The fourth-order valence-corrected chi connectivity index (χ4v) is 1.76. The molecule has 1 aliphatic heterocycles. The van der Waals surface area contributed by atoms with Crippen LogP contribution >= 0.6 is 0 Å². The third kappa shape index (κ3) is 6.97. The van der Waals surface area contributed by atoms with E-state index in [2.05, 4.69) is 15.6 Å². The molecule has 0 atom stereocenters. The zero-order chi connectivity index (χ0) is 16.0. The van der Waals surface area contributed by atoms with Gasteiger partial charge in [0.05, 0.1) is 19.6 Å². The Morgan fingerprint density at radius 2 is 2.05 bits per heavy atom. The zero-order valence-electron chi connectivity index (χ0n) is 13.5. The summed E-state index contributed by atoms with van der Waals surface area (Å²) in [5.41, 5.74) is -0.517. The number of carbonyl (C=O) groups excluding carboxylic acids is 2. The average molecular weight is 298 g/mol. The van der Waals surface area contributed by atoms with E-state index >= 15 is 0 Å². The van der Waals surface area contributed by atoms with E-state index in [-0.39, 0.29) is 24.6 Å². The zero-order valence-corrected chi connectivity index (χ0v) is 13.5. The molecule has 0 aliphatic carbocycles. The third-order valence-electron chi connectivity index (χ3n) is 2.57. The Morgan fingerprint density at radius 1 is 1.38 bits per heavy atom. The van der Waals surface area contributed by atoms with Crippen LogP contribution in [0.5, 0.6) is 0 Å². The van der Waals surface area contributed by atoms with Gasteiger partial charge in [0.2, 0.25) is 5.91 Å². The van der Waals surface area contributed by atoms with Crippen LogP contribution in [0.2, 0.25) is 0 Å². The molecule has 0 radical (unpaired) electrons. The quantitative estimate of drug-likeness (QED) is 0.805. The van der Waals surface area contributed by atoms with Crippen LogP contribution in [0, 0.1) is 0 Å². The van der Waals surface area contributed by atoms with Gasteiger partial charge in [-0.15, -0.1) is 0 Å². The van der Waals surface area contributed by atoms with Crippen molar-refractivity contribution in [3.63, 3.8) is 0 Å². The number of aliphatic imine (C=N–C) groups is 1. The van der Waals surface area contributed by atoms with Gasteiger partial charge in [-0.1, -0.05) is 0 Å². The van der Waals surface area contributed by atoms with Crippen molar-refractivity contribution in [1.29, 1.82) is 0 Å². The minimum atomic E-state index is -0.517. The fraction of sp³-hybridized carbons (Fsp3) is 0.786. The van der Waals surface area contributed by atoms with Crippen molar-refractivity contribution in [2.24, 2.45) is 4.99 Å². The molecule has 2 N–H and O–H groups in total. The molecule has 0 unspecified atom stereocenters. The van der Waals surface area contributed by atoms with E-state index in [1.807, 2.05) is 34.6 Å². The standard InChI is InChI=1S/C14H26N4O3/c1-10(2)17-12(19)8-16-11-9-18(7-6-15-11)13(20)21-14(3,4)5/h10H,6-9H2,1-5H3,(H,15,16)(H,17,19). The van der Waals surface area contributed by atoms with Gasteiger partial charge in [0, 0.05) is 12.6 Å². The Morgan fingerprint density at radius 3 is 2.62 bits per heavy atom. The Balaban J connectivity index is 2.43. The highest BCUT2D eigenvalue weighted by Crippen LogP contribution is 2.10. The summed E-state index contributed by atoms with van der Waals surface area (Å²) in [6, 6.07) is 0.103. The van der Waals surface area contributed by atoms with Gasteiger partial charge in [-0.3, -0.25) is 14.7 Å². The van der Waals surface area contributed by atoms with Crippen molar-refractivity contribution < 1.29 is 14.3 Å². The fourth-order valence-electron chi connectivity index (χ4n) is 1.76. The molecule has 1 heterocycles. The Bertz CT molecular complexity index is 413. The van der Waals surface area contributed by atoms with Gasteiger partial charge in [-0.05, 0) is 34.6 Å². The number of nitrogens with zero attached hydrogens (tertiary/aromatic N) is 2. The maximum Gasteiger partial charge on any atom is 0.410 e. The molecule has 0 aromatic carbocycles. The molecule has 7 heteroatoms. The maximum absolute atomic E-state index is 12.0. The van der Waals surface area contributed by atoms with Gasteiger partial charge in [0.25, 0.3) is 0 Å². The van der Waals surface area contributed by atoms with Crippen molar-refractivity contribution in [3.8, 4) is 0 Å². The molecular formula is C14H26N4O3. The van der Waals surface area contributed by atoms with Crippen LogP contribution in [-0.2, 0) is 9.53 Å². The lowest BCUT2D eigenvalue weighted by Crippen LogP contribution is -2.49. The lowest BCUT2D eigenvalue weighted by atomic mass is 10.2. The minimum absolute atomic E-state index is 0.0953. The highest BCUT2D eigenvalue weighted by Gasteiger charge is 2.25. The average Bonchev–Trinajstić information content (AvgIpc) is 2.34. The van der Waals surface area contributed by atoms with Gasteiger partial charge in [0.15, 0.2) is 0 Å². The van der Waals surface area contributed by atoms with E-state index < -0.39 is 5.60 Å². The summed E-state index contributed by atoms with van der Waals surface area (Å²) in [5, 5.41) is 5.75. The summed E-state index contributed by atoms with van der Waals surface area (Å²) < 4.78 is 5.33. The summed E-state index contributed by atoms with van der Waals surface area (Å²) in [6.45, 7) is 10.8. The first-order chi connectivity index (χ1) is 9.67. The molecule has 0 saturated carbocycles. The SMILES string of the molecule is CC(C)NC(=O)CNC1=NCCN(C(=O)OC(C)(C)C)C1. The van der Waals surface area contributed by atoms with Crippen LogP contribution in [0.4, 0.5) is 4.79 Å². The summed E-state index contributed by atoms with van der Waals surface area (Å²) in [6.07, 6.45) is -0.358. The number of amides is 2. The van der Waals surface area contributed by atoms with Crippen LogP contribution in [-0.4, -0.2) is 60.6 Å². The van der Waals surface area contributed by atoms with Crippen LogP contribution in [0.1, 0.15) is 34.6 Å². The van der Waals surface area contributed by atoms with Gasteiger partial charge in [-0.2, -0.15) is 0 Å². The van der Waals surface area contributed by atoms with Crippen molar-refractivity contribution in [2.45, 2.75) is 46.3 Å². The van der Waals surface area contributed by atoms with Gasteiger partial charge in [-0.25, -0.2) is 4.79 Å². The van der Waals surface area contributed by atoms with Crippen molar-refractivity contribution >= 4 is 17.8 Å². The van der Waals surface area contributed by atoms with Gasteiger partial charge < -0.3 is 15.4 Å². The predicted molar refractivity (Wildman–Crippen MR) is 81.4 cm³/mol. The molecule has 0 fully saturated rings. The van der Waals surface area contributed by atoms with Crippen LogP contribution in [0.3, 0.4) is 0 Å². The number of hydrogen-bond acceptors (Lipinski definition) is 5. The largest absolute Gasteiger partial charge is 0.444 e. The summed E-state index contributed by atoms with van der Waals surface area (Å²) >= 11 is 0. The van der Waals surface area contributed by atoms with Gasteiger partial charge in [0.1, 0.15) is 11.4 Å². The molecule has 0 bridgehead atoms. The number of hydrogen-bond donors (Lipinski definition) is 2. The Kier molecular flexibility index (Phi) is 5.99. The molecule has 2 amide bonds. The van der Waals surface area contributed by atoms with E-state index in [1.165, 1.54) is 0 Å². The summed E-state index contributed by atoms with van der Waals surface area (Å²) in [5.74, 6) is 0.535. The second-order valence-electron chi connectivity index (χ2n) is 6.31. The molecule has 0 spiro atoms. The first kappa shape index (κ1) is 17.3. The summed E-state index contributed by atoms with van der Waals surface area (Å²) in [4.78, 5) is 29.4. The maximum atomic E-state index is 12.0. The molecule has 21 heavy (non-hydrogen) atoms. The van der Waals surface area contributed by atoms with Crippen LogP contribution in [0.15, 0.2) is 4.99 Å². The molecule has 0 saturated heterocycles. The second kappa shape index (κ2) is 7.28. The lowest BCUT2D eigenvalue weighted by molar-refractivity contribution is -0.120. The van der Waals surface area contributed by atoms with Crippen molar-refractivity contribution in [3.05, 3.63) is 0 Å². The lowest BCUT2D eigenvalue weighted by Gasteiger charge is -2.29. The first-order valence-corrected chi connectivity index (χ1v) is 7.22. The van der Waals surface area contributed by atoms with Gasteiger partial charge >= 0.3 is 6.09 Å². The smallest absolute Gasteiger partial charge is 0.410 e. The predicted octanol–water partition coefficient (Wildman–Crippen LogP) is 0.750.